The molecule has 2 rings (SSSR count). The number of benzene rings is 2. The number of anilines is 2. The first-order valence-corrected chi connectivity index (χ1v) is 9.08. The van der Waals surface area contributed by atoms with Gasteiger partial charge in [0.05, 0.1) is 40.1 Å². The van der Waals surface area contributed by atoms with Crippen LogP contribution in [0, 0.1) is 0 Å². The Morgan fingerprint density at radius 3 is 2.07 bits per heavy atom. The Morgan fingerprint density at radius 2 is 1.45 bits per heavy atom. The van der Waals surface area contributed by atoms with Gasteiger partial charge in [-0.2, -0.15) is 0 Å². The molecule has 29 heavy (non-hydrogen) atoms. The van der Waals surface area contributed by atoms with Gasteiger partial charge >= 0.3 is 0 Å². The normalized spacial score (nSPS) is 10.4. The molecule has 0 fully saturated rings. The highest BCUT2D eigenvalue weighted by atomic mass is 35.5. The van der Waals surface area contributed by atoms with Crippen LogP contribution in [-0.4, -0.2) is 58.2 Å². The summed E-state index contributed by atoms with van der Waals surface area (Å²) < 4.78 is 15.6. The van der Waals surface area contributed by atoms with Crippen LogP contribution >= 0.6 is 11.6 Å². The molecule has 8 nitrogen and oxygen atoms in total. The number of carbonyl (C=O) groups excluding carboxylic acids is 2. The molecule has 0 saturated carbocycles. The number of carbonyl (C=O) groups is 2. The number of methoxy groups -OCH3 is 3. The maximum atomic E-state index is 12.3. The lowest BCUT2D eigenvalue weighted by Gasteiger charge is -2.17. The zero-order valence-corrected chi connectivity index (χ0v) is 17.5. The Kier molecular flexibility index (Phi) is 8.11. The molecule has 0 atom stereocenters. The highest BCUT2D eigenvalue weighted by molar-refractivity contribution is 6.31. The van der Waals surface area contributed by atoms with Crippen molar-refractivity contribution in [3.05, 3.63) is 41.4 Å². The average Bonchev–Trinajstić information content (AvgIpc) is 2.67. The maximum Gasteiger partial charge on any atom is 0.238 e. The zero-order chi connectivity index (χ0) is 21.4. The minimum Gasteiger partial charge on any atom is -0.495 e. The topological polar surface area (TPSA) is 89.1 Å². The van der Waals surface area contributed by atoms with E-state index >= 15 is 0 Å². The van der Waals surface area contributed by atoms with Gasteiger partial charge in [0.1, 0.15) is 5.75 Å². The van der Waals surface area contributed by atoms with Gasteiger partial charge in [0.15, 0.2) is 11.5 Å². The van der Waals surface area contributed by atoms with Crippen LogP contribution in [0.4, 0.5) is 11.4 Å². The molecule has 0 saturated heterocycles. The minimum absolute atomic E-state index is 0.00895. The number of hydrogen-bond acceptors (Lipinski definition) is 6. The number of ether oxygens (including phenoxy) is 3. The lowest BCUT2D eigenvalue weighted by atomic mass is 10.2. The van der Waals surface area contributed by atoms with E-state index in [0.717, 1.165) is 0 Å². The van der Waals surface area contributed by atoms with Gasteiger partial charge in [0.25, 0.3) is 0 Å². The lowest BCUT2D eigenvalue weighted by molar-refractivity contribution is -0.119. The van der Waals surface area contributed by atoms with Crippen LogP contribution in [0.1, 0.15) is 0 Å². The first-order chi connectivity index (χ1) is 13.9. The molecule has 0 unspecified atom stereocenters. The van der Waals surface area contributed by atoms with Crippen LogP contribution in [0.3, 0.4) is 0 Å². The standard InChI is InChI=1S/C20H24ClN3O5/c1-24(12-20(26)23-15-9-13(21)5-7-16(15)27-2)11-19(25)22-14-6-8-17(28-3)18(10-14)29-4/h5-10H,11-12H2,1-4H3,(H,22,25)(H,23,26). The number of nitrogens with one attached hydrogen (secondary N) is 2. The van der Waals surface area contributed by atoms with Gasteiger partial charge in [-0.3, -0.25) is 14.5 Å². The molecule has 0 bridgehead atoms. The second-order valence-corrected chi connectivity index (χ2v) is 6.62. The third-order valence-corrected chi connectivity index (χ3v) is 4.17. The lowest BCUT2D eigenvalue weighted by Crippen LogP contribution is -2.36. The van der Waals surface area contributed by atoms with Gasteiger partial charge in [0.2, 0.25) is 11.8 Å². The van der Waals surface area contributed by atoms with Crippen molar-refractivity contribution in [2.45, 2.75) is 0 Å². The van der Waals surface area contributed by atoms with E-state index in [0.29, 0.717) is 33.6 Å². The summed E-state index contributed by atoms with van der Waals surface area (Å²) in [5, 5.41) is 5.97. The Morgan fingerprint density at radius 1 is 0.862 bits per heavy atom. The maximum absolute atomic E-state index is 12.3. The van der Waals surface area contributed by atoms with Gasteiger partial charge in [-0.05, 0) is 37.4 Å². The van der Waals surface area contributed by atoms with Crippen LogP contribution in [0.15, 0.2) is 36.4 Å². The van der Waals surface area contributed by atoms with E-state index in [4.69, 9.17) is 25.8 Å². The third kappa shape index (κ3) is 6.55. The Hall–Kier alpha value is -2.97. The second-order valence-electron chi connectivity index (χ2n) is 6.18. The predicted molar refractivity (Wildman–Crippen MR) is 112 cm³/mol. The van der Waals surface area contributed by atoms with Crippen molar-refractivity contribution in [3.63, 3.8) is 0 Å². The fraction of sp³-hybridized carbons (Fsp3) is 0.300. The minimum atomic E-state index is -0.299. The fourth-order valence-electron chi connectivity index (χ4n) is 2.63. The largest absolute Gasteiger partial charge is 0.495 e. The molecule has 2 aromatic carbocycles. The number of amides is 2. The van der Waals surface area contributed by atoms with E-state index in [-0.39, 0.29) is 24.9 Å². The van der Waals surface area contributed by atoms with Crippen LogP contribution in [0.5, 0.6) is 17.2 Å². The van der Waals surface area contributed by atoms with E-state index in [1.54, 1.807) is 48.3 Å². The number of nitrogens with zero attached hydrogens (tertiary/aromatic N) is 1. The van der Waals surface area contributed by atoms with E-state index in [1.165, 1.54) is 21.3 Å². The first kappa shape index (κ1) is 22.3. The van der Waals surface area contributed by atoms with E-state index < -0.39 is 0 Å². The van der Waals surface area contributed by atoms with Crippen LogP contribution in [0.2, 0.25) is 5.02 Å². The third-order valence-electron chi connectivity index (χ3n) is 3.93. The summed E-state index contributed by atoms with van der Waals surface area (Å²) in [4.78, 5) is 26.1. The Bertz CT molecular complexity index is 875. The van der Waals surface area contributed by atoms with Gasteiger partial charge in [0, 0.05) is 16.8 Å². The van der Waals surface area contributed by atoms with Crippen molar-refractivity contribution in [2.24, 2.45) is 0 Å². The molecule has 0 spiro atoms. The van der Waals surface area contributed by atoms with Crippen molar-refractivity contribution in [2.75, 3.05) is 52.1 Å². The van der Waals surface area contributed by atoms with Crippen LogP contribution in [-0.2, 0) is 9.59 Å². The van der Waals surface area contributed by atoms with Crippen LogP contribution in [0.25, 0.3) is 0 Å². The van der Waals surface area contributed by atoms with Crippen LogP contribution < -0.4 is 24.8 Å². The van der Waals surface area contributed by atoms with Gasteiger partial charge in [-0.25, -0.2) is 0 Å². The SMILES string of the molecule is COc1ccc(Cl)cc1NC(=O)CN(C)CC(=O)Nc1ccc(OC)c(OC)c1. The molecule has 0 aromatic heterocycles. The van der Waals surface area contributed by atoms with Crippen molar-refractivity contribution < 1.29 is 23.8 Å². The van der Waals surface area contributed by atoms with Crippen molar-refractivity contribution in [1.29, 1.82) is 0 Å². The summed E-state index contributed by atoms with van der Waals surface area (Å²) in [5.74, 6) is 1.00. The molecule has 0 aliphatic heterocycles. The quantitative estimate of drug-likeness (QED) is 0.647. The van der Waals surface area contributed by atoms with Gasteiger partial charge < -0.3 is 24.8 Å². The molecule has 0 aliphatic carbocycles. The summed E-state index contributed by atoms with van der Waals surface area (Å²) in [6.07, 6.45) is 0. The highest BCUT2D eigenvalue weighted by Crippen LogP contribution is 2.30. The van der Waals surface area contributed by atoms with Crippen molar-refractivity contribution >= 4 is 34.8 Å². The van der Waals surface area contributed by atoms with Gasteiger partial charge in [-0.15, -0.1) is 0 Å². The molecule has 2 amide bonds. The predicted octanol–water partition coefficient (Wildman–Crippen LogP) is 2.87. The first-order valence-electron chi connectivity index (χ1n) is 8.70. The Labute approximate surface area is 174 Å². The summed E-state index contributed by atoms with van der Waals surface area (Å²) in [5.41, 5.74) is 1.03. The molecule has 0 radical (unpaired) electrons. The van der Waals surface area contributed by atoms with E-state index in [2.05, 4.69) is 10.6 Å². The second kappa shape index (κ2) is 10.5. The number of rotatable bonds is 9. The molecule has 2 aromatic rings. The zero-order valence-electron chi connectivity index (χ0n) is 16.7. The molecule has 0 aliphatic rings. The number of halogens is 1. The molecular weight excluding hydrogens is 398 g/mol. The monoisotopic (exact) mass is 421 g/mol. The summed E-state index contributed by atoms with van der Waals surface area (Å²) in [7, 11) is 6.23. The highest BCUT2D eigenvalue weighted by Gasteiger charge is 2.14. The van der Waals surface area contributed by atoms with Gasteiger partial charge in [-0.1, -0.05) is 11.6 Å². The summed E-state index contributed by atoms with van der Waals surface area (Å²) in [6.45, 7) is 0.0312. The molecule has 0 heterocycles. The molecule has 9 heteroatoms. The Balaban J connectivity index is 1.90. The molecule has 2 N–H and O–H groups in total. The van der Waals surface area contributed by atoms with Crippen molar-refractivity contribution in [1.82, 2.24) is 4.90 Å². The number of hydrogen-bond donors (Lipinski definition) is 2. The smallest absolute Gasteiger partial charge is 0.238 e. The summed E-state index contributed by atoms with van der Waals surface area (Å²) >= 11 is 5.96. The molecule has 156 valence electrons. The van der Waals surface area contributed by atoms with Crippen molar-refractivity contribution in [3.8, 4) is 17.2 Å². The average molecular weight is 422 g/mol. The number of likely N-dealkylation sites (N-methyl/N-ethyl adjacent to an activating group) is 1. The van der Waals surface area contributed by atoms with E-state index in [1.807, 2.05) is 0 Å². The molecular formula is C20H24ClN3O5. The van der Waals surface area contributed by atoms with E-state index in [9.17, 15) is 9.59 Å². The summed E-state index contributed by atoms with van der Waals surface area (Å²) in [6, 6.07) is 10.00. The fourth-order valence-corrected chi connectivity index (χ4v) is 2.80.